The van der Waals surface area contributed by atoms with Gasteiger partial charge in [0.2, 0.25) is 0 Å². The van der Waals surface area contributed by atoms with E-state index in [1.165, 1.54) is 0 Å². The molecule has 0 spiro atoms. The Morgan fingerprint density at radius 2 is 1.70 bits per heavy atom. The summed E-state index contributed by atoms with van der Waals surface area (Å²) < 4.78 is 5.75. The van der Waals surface area contributed by atoms with Gasteiger partial charge >= 0.3 is 0 Å². The number of hydrogen-bond donors (Lipinski definition) is 3. The highest BCUT2D eigenvalue weighted by atomic mass is 16.5. The smallest absolute Gasteiger partial charge is 0.119 e. The lowest BCUT2D eigenvalue weighted by Crippen LogP contribution is -2.37. The van der Waals surface area contributed by atoms with E-state index in [1.54, 1.807) is 0 Å². The van der Waals surface area contributed by atoms with Crippen molar-refractivity contribution in [1.82, 2.24) is 0 Å². The molecule has 0 amide bonds. The number of aliphatic hydroxyl groups excluding tert-OH is 2. The van der Waals surface area contributed by atoms with E-state index in [0.717, 1.165) is 16.9 Å². The standard InChI is InChI=1S/C19H25NO3/c1-14(18(20)19(22)16-5-3-2-4-6-16)13-23-17-9-7-15(8-10-17)11-12-21/h2-10,14,18-19,21-22H,11-13,20H2,1H3. The van der Waals surface area contributed by atoms with Crippen LogP contribution in [-0.2, 0) is 6.42 Å². The molecule has 4 N–H and O–H groups in total. The summed E-state index contributed by atoms with van der Waals surface area (Å²) in [5.41, 5.74) is 8.06. The van der Waals surface area contributed by atoms with Crippen LogP contribution in [0.25, 0.3) is 0 Å². The van der Waals surface area contributed by atoms with E-state index in [9.17, 15) is 5.11 Å². The third kappa shape index (κ3) is 5.06. The van der Waals surface area contributed by atoms with Crippen molar-refractivity contribution in [2.24, 2.45) is 11.7 Å². The van der Waals surface area contributed by atoms with Crippen LogP contribution >= 0.6 is 0 Å². The zero-order valence-corrected chi connectivity index (χ0v) is 13.4. The van der Waals surface area contributed by atoms with Crippen LogP contribution in [0.15, 0.2) is 54.6 Å². The molecule has 2 aromatic carbocycles. The minimum Gasteiger partial charge on any atom is -0.493 e. The molecule has 0 aliphatic carbocycles. The molecular weight excluding hydrogens is 290 g/mol. The second kappa shape index (κ2) is 8.67. The maximum atomic E-state index is 10.3. The average Bonchev–Trinajstić information content (AvgIpc) is 2.60. The fourth-order valence-corrected chi connectivity index (χ4v) is 2.40. The van der Waals surface area contributed by atoms with E-state index in [0.29, 0.717) is 13.0 Å². The van der Waals surface area contributed by atoms with E-state index in [2.05, 4.69) is 0 Å². The van der Waals surface area contributed by atoms with E-state index < -0.39 is 12.1 Å². The molecule has 2 rings (SSSR count). The zero-order chi connectivity index (χ0) is 16.7. The van der Waals surface area contributed by atoms with Gasteiger partial charge in [-0.3, -0.25) is 0 Å². The summed E-state index contributed by atoms with van der Waals surface area (Å²) in [6, 6.07) is 16.7. The zero-order valence-electron chi connectivity index (χ0n) is 13.4. The Morgan fingerprint density at radius 1 is 1.04 bits per heavy atom. The second-order valence-electron chi connectivity index (χ2n) is 5.84. The molecule has 0 aliphatic heterocycles. The Morgan fingerprint density at radius 3 is 2.30 bits per heavy atom. The Labute approximate surface area is 137 Å². The van der Waals surface area contributed by atoms with Gasteiger partial charge in [-0.05, 0) is 29.7 Å². The summed E-state index contributed by atoms with van der Waals surface area (Å²) in [5.74, 6) is 0.766. The monoisotopic (exact) mass is 315 g/mol. The number of aliphatic hydroxyl groups is 2. The Kier molecular flexibility index (Phi) is 6.59. The molecule has 124 valence electrons. The van der Waals surface area contributed by atoms with Gasteiger partial charge in [-0.1, -0.05) is 49.4 Å². The first kappa shape index (κ1) is 17.5. The van der Waals surface area contributed by atoms with Gasteiger partial charge in [0, 0.05) is 18.6 Å². The highest BCUT2D eigenvalue weighted by Crippen LogP contribution is 2.21. The molecule has 0 bridgehead atoms. The number of ether oxygens (including phenoxy) is 1. The van der Waals surface area contributed by atoms with Crippen LogP contribution in [0, 0.1) is 5.92 Å². The van der Waals surface area contributed by atoms with Crippen LogP contribution in [0.2, 0.25) is 0 Å². The molecule has 0 saturated heterocycles. The van der Waals surface area contributed by atoms with Crippen molar-refractivity contribution >= 4 is 0 Å². The van der Waals surface area contributed by atoms with Gasteiger partial charge in [0.15, 0.2) is 0 Å². The number of rotatable bonds is 8. The third-order valence-electron chi connectivity index (χ3n) is 4.00. The normalized spacial score (nSPS) is 15.0. The predicted octanol–water partition coefficient (Wildman–Crippen LogP) is 2.30. The molecule has 4 heteroatoms. The molecule has 3 atom stereocenters. The summed E-state index contributed by atoms with van der Waals surface area (Å²) in [4.78, 5) is 0. The van der Waals surface area contributed by atoms with E-state index in [4.69, 9.17) is 15.6 Å². The predicted molar refractivity (Wildman–Crippen MR) is 91.3 cm³/mol. The summed E-state index contributed by atoms with van der Waals surface area (Å²) >= 11 is 0. The van der Waals surface area contributed by atoms with E-state index in [-0.39, 0.29) is 12.5 Å². The van der Waals surface area contributed by atoms with Crippen molar-refractivity contribution in [1.29, 1.82) is 0 Å². The minimum atomic E-state index is -0.707. The van der Waals surface area contributed by atoms with Gasteiger partial charge in [-0.2, -0.15) is 0 Å². The summed E-state index contributed by atoms with van der Waals surface area (Å²) in [6.07, 6.45) is -0.0631. The third-order valence-corrected chi connectivity index (χ3v) is 4.00. The van der Waals surface area contributed by atoms with Gasteiger partial charge in [0.25, 0.3) is 0 Å². The summed E-state index contributed by atoms with van der Waals surface area (Å²) in [6.45, 7) is 2.55. The molecule has 4 nitrogen and oxygen atoms in total. The molecule has 0 heterocycles. The SMILES string of the molecule is CC(COc1ccc(CCO)cc1)C(N)C(O)c1ccccc1. The van der Waals surface area contributed by atoms with Gasteiger partial charge in [0.1, 0.15) is 5.75 Å². The number of hydrogen-bond acceptors (Lipinski definition) is 4. The van der Waals surface area contributed by atoms with E-state index >= 15 is 0 Å². The molecule has 0 aliphatic rings. The fourth-order valence-electron chi connectivity index (χ4n) is 2.40. The van der Waals surface area contributed by atoms with Crippen molar-refractivity contribution in [2.45, 2.75) is 25.5 Å². The fraction of sp³-hybridized carbons (Fsp3) is 0.368. The largest absolute Gasteiger partial charge is 0.493 e. The molecule has 23 heavy (non-hydrogen) atoms. The first-order chi connectivity index (χ1) is 11.1. The van der Waals surface area contributed by atoms with Crippen LogP contribution in [0.5, 0.6) is 5.75 Å². The van der Waals surface area contributed by atoms with Gasteiger partial charge in [-0.25, -0.2) is 0 Å². The molecule has 0 saturated carbocycles. The summed E-state index contributed by atoms with van der Waals surface area (Å²) in [7, 11) is 0. The van der Waals surface area contributed by atoms with Crippen LogP contribution in [0.4, 0.5) is 0 Å². The van der Waals surface area contributed by atoms with Gasteiger partial charge < -0.3 is 20.7 Å². The first-order valence-corrected chi connectivity index (χ1v) is 7.93. The maximum absolute atomic E-state index is 10.3. The van der Waals surface area contributed by atoms with Crippen molar-refractivity contribution in [3.05, 3.63) is 65.7 Å². The maximum Gasteiger partial charge on any atom is 0.119 e. The Balaban J connectivity index is 1.87. The molecular formula is C19H25NO3. The topological polar surface area (TPSA) is 75.7 Å². The second-order valence-corrected chi connectivity index (χ2v) is 5.84. The van der Waals surface area contributed by atoms with Crippen molar-refractivity contribution in [3.63, 3.8) is 0 Å². The van der Waals surface area contributed by atoms with Gasteiger partial charge in [0.05, 0.1) is 12.7 Å². The van der Waals surface area contributed by atoms with Crippen LogP contribution in [-0.4, -0.2) is 29.5 Å². The van der Waals surface area contributed by atoms with Crippen LogP contribution < -0.4 is 10.5 Å². The van der Waals surface area contributed by atoms with Crippen molar-refractivity contribution in [2.75, 3.05) is 13.2 Å². The minimum absolute atomic E-state index is 0.00215. The van der Waals surface area contributed by atoms with Gasteiger partial charge in [-0.15, -0.1) is 0 Å². The van der Waals surface area contributed by atoms with Crippen LogP contribution in [0.3, 0.4) is 0 Å². The highest BCUT2D eigenvalue weighted by molar-refractivity contribution is 5.27. The Hall–Kier alpha value is -1.88. The molecule has 0 radical (unpaired) electrons. The molecule has 0 aromatic heterocycles. The van der Waals surface area contributed by atoms with Crippen molar-refractivity contribution < 1.29 is 14.9 Å². The number of nitrogens with two attached hydrogens (primary N) is 1. The molecule has 2 aromatic rings. The van der Waals surface area contributed by atoms with E-state index in [1.807, 2.05) is 61.5 Å². The lowest BCUT2D eigenvalue weighted by atomic mass is 9.93. The molecule has 0 fully saturated rings. The highest BCUT2D eigenvalue weighted by Gasteiger charge is 2.23. The number of benzene rings is 2. The van der Waals surface area contributed by atoms with Crippen LogP contribution in [0.1, 0.15) is 24.2 Å². The lowest BCUT2D eigenvalue weighted by molar-refractivity contribution is 0.103. The molecule has 3 unspecified atom stereocenters. The summed E-state index contributed by atoms with van der Waals surface area (Å²) in [5, 5.41) is 19.3. The Bertz CT molecular complexity index is 571. The quantitative estimate of drug-likeness (QED) is 0.699. The average molecular weight is 315 g/mol. The first-order valence-electron chi connectivity index (χ1n) is 7.93. The van der Waals surface area contributed by atoms with Crippen molar-refractivity contribution in [3.8, 4) is 5.75 Å². The lowest BCUT2D eigenvalue weighted by Gasteiger charge is -2.25.